The van der Waals surface area contributed by atoms with Crippen LogP contribution in [0.25, 0.3) is 21.9 Å². The largest absolute Gasteiger partial charge is 0.493 e. The number of rotatable bonds is 6. The van der Waals surface area contributed by atoms with Crippen LogP contribution in [0, 0.1) is 0 Å². The summed E-state index contributed by atoms with van der Waals surface area (Å²) in [6.45, 7) is 3.40. The van der Waals surface area contributed by atoms with Crippen molar-refractivity contribution in [3.8, 4) is 39.9 Å². The fourth-order valence-electron chi connectivity index (χ4n) is 4.36. The van der Waals surface area contributed by atoms with E-state index in [9.17, 15) is 0 Å². The van der Waals surface area contributed by atoms with Crippen molar-refractivity contribution >= 4 is 16.5 Å². The Hall–Kier alpha value is -3.12. The molecule has 3 aromatic rings. The Labute approximate surface area is 176 Å². The van der Waals surface area contributed by atoms with Crippen molar-refractivity contribution in [2.75, 3.05) is 42.1 Å². The molecule has 0 bridgehead atoms. The number of quaternary nitrogens is 1. The van der Waals surface area contributed by atoms with Crippen molar-refractivity contribution in [3.05, 3.63) is 35.9 Å². The third kappa shape index (κ3) is 3.08. The van der Waals surface area contributed by atoms with E-state index in [4.69, 9.17) is 23.7 Å². The molecule has 4 rings (SSSR count). The van der Waals surface area contributed by atoms with Gasteiger partial charge in [-0.25, -0.2) is 0 Å². The lowest BCUT2D eigenvalue weighted by molar-refractivity contribution is -0.824. The highest BCUT2D eigenvalue weighted by Crippen LogP contribution is 2.47. The number of fused-ring (bicyclic) bond motifs is 5. The summed E-state index contributed by atoms with van der Waals surface area (Å²) in [5.41, 5.74) is 4.66. The molecule has 0 saturated heterocycles. The van der Waals surface area contributed by atoms with Crippen LogP contribution in [0.3, 0.4) is 0 Å². The zero-order valence-electron chi connectivity index (χ0n) is 18.3. The third-order valence-electron chi connectivity index (χ3n) is 5.69. The molecule has 6 nitrogen and oxygen atoms in total. The lowest BCUT2D eigenvalue weighted by atomic mass is 9.89. The van der Waals surface area contributed by atoms with E-state index in [1.807, 2.05) is 19.1 Å². The summed E-state index contributed by atoms with van der Waals surface area (Å²) in [7, 11) is 8.81. The number of benzene rings is 3. The summed E-state index contributed by atoms with van der Waals surface area (Å²) in [5.74, 6) is 3.66. The van der Waals surface area contributed by atoms with E-state index >= 15 is 0 Å². The molecule has 158 valence electrons. The van der Waals surface area contributed by atoms with Crippen molar-refractivity contribution in [3.63, 3.8) is 0 Å². The van der Waals surface area contributed by atoms with E-state index in [0.717, 1.165) is 39.9 Å². The summed E-state index contributed by atoms with van der Waals surface area (Å²) in [5, 5.41) is 2.10. The number of nitrogens with one attached hydrogen (secondary N) is 1. The highest BCUT2D eigenvalue weighted by Gasteiger charge is 2.30. The summed E-state index contributed by atoms with van der Waals surface area (Å²) in [6.07, 6.45) is 0. The van der Waals surface area contributed by atoms with Crippen LogP contribution in [-0.4, -0.2) is 42.1 Å². The number of hydrogen-bond acceptors (Lipinski definition) is 5. The van der Waals surface area contributed by atoms with Gasteiger partial charge in [-0.3, -0.25) is 0 Å². The van der Waals surface area contributed by atoms with Gasteiger partial charge in [0.2, 0.25) is 0 Å². The van der Waals surface area contributed by atoms with Gasteiger partial charge in [0.1, 0.15) is 18.0 Å². The fraction of sp³-hybridized carbons (Fsp3) is 0.333. The molecule has 0 amide bonds. The Balaban J connectivity index is 2.08. The Bertz CT molecular complexity index is 1110. The second kappa shape index (κ2) is 7.95. The van der Waals surface area contributed by atoms with Gasteiger partial charge in [-0.15, -0.1) is 0 Å². The average molecular weight is 410 g/mol. The molecule has 1 unspecified atom stereocenters. The van der Waals surface area contributed by atoms with E-state index in [1.165, 1.54) is 16.2 Å². The van der Waals surface area contributed by atoms with Crippen LogP contribution >= 0.6 is 0 Å². The van der Waals surface area contributed by atoms with Crippen LogP contribution in [0.4, 0.5) is 5.69 Å². The first kappa shape index (κ1) is 20.2. The minimum Gasteiger partial charge on any atom is -0.493 e. The Morgan fingerprint density at radius 2 is 1.23 bits per heavy atom. The second-order valence-corrected chi connectivity index (χ2v) is 7.30. The highest BCUT2D eigenvalue weighted by atomic mass is 16.5. The first-order chi connectivity index (χ1) is 14.6. The van der Waals surface area contributed by atoms with Gasteiger partial charge in [0.25, 0.3) is 0 Å². The first-order valence-electron chi connectivity index (χ1n) is 9.99. The summed E-state index contributed by atoms with van der Waals surface area (Å²) in [4.78, 5) is 1.28. The standard InChI is InChI=1S/C24H27NO5/c1-7-30-19-11-17-15-9-21(27-4)20(26-3)8-14(15)13-25(2)24(17)18-12-23(29-6)22(28-5)10-16(18)19/h8-12H,7,13H2,1-6H3/p+1. The van der Waals surface area contributed by atoms with Crippen LogP contribution in [-0.2, 0) is 6.54 Å². The van der Waals surface area contributed by atoms with Gasteiger partial charge in [0, 0.05) is 22.1 Å². The van der Waals surface area contributed by atoms with Crippen molar-refractivity contribution in [1.29, 1.82) is 0 Å². The molecule has 1 atom stereocenters. The van der Waals surface area contributed by atoms with E-state index in [-0.39, 0.29) is 0 Å². The van der Waals surface area contributed by atoms with Crippen molar-refractivity contribution < 1.29 is 28.6 Å². The molecule has 0 saturated carbocycles. The second-order valence-electron chi connectivity index (χ2n) is 7.30. The number of methoxy groups -OCH3 is 4. The zero-order chi connectivity index (χ0) is 21.4. The lowest BCUT2D eigenvalue weighted by Gasteiger charge is -2.28. The smallest absolute Gasteiger partial charge is 0.161 e. The predicted octanol–water partition coefficient (Wildman–Crippen LogP) is 3.60. The maximum absolute atomic E-state index is 6.05. The molecule has 1 aliphatic rings. The minimum absolute atomic E-state index is 0.573. The summed E-state index contributed by atoms with van der Waals surface area (Å²) in [6, 6.07) is 10.3. The predicted molar refractivity (Wildman–Crippen MR) is 117 cm³/mol. The zero-order valence-corrected chi connectivity index (χ0v) is 18.3. The molecule has 6 heteroatoms. The van der Waals surface area contributed by atoms with E-state index in [2.05, 4.69) is 25.2 Å². The van der Waals surface area contributed by atoms with Crippen LogP contribution in [0.1, 0.15) is 12.5 Å². The minimum atomic E-state index is 0.573. The number of ether oxygens (including phenoxy) is 5. The molecule has 1 aliphatic heterocycles. The first-order valence-corrected chi connectivity index (χ1v) is 9.99. The van der Waals surface area contributed by atoms with E-state index < -0.39 is 0 Å². The fourth-order valence-corrected chi connectivity index (χ4v) is 4.36. The monoisotopic (exact) mass is 410 g/mol. The normalized spacial score (nSPS) is 14.7. The van der Waals surface area contributed by atoms with E-state index in [0.29, 0.717) is 23.9 Å². The summed E-state index contributed by atoms with van der Waals surface area (Å²) >= 11 is 0. The topological polar surface area (TPSA) is 50.6 Å². The Kier molecular flexibility index (Phi) is 5.35. The van der Waals surface area contributed by atoms with Crippen molar-refractivity contribution in [1.82, 2.24) is 0 Å². The van der Waals surface area contributed by atoms with Crippen LogP contribution in [0.5, 0.6) is 28.7 Å². The van der Waals surface area contributed by atoms with Crippen molar-refractivity contribution in [2.45, 2.75) is 13.5 Å². The SMILES string of the molecule is CCOc1cc2c(c3cc(OC)c(OC)cc13)[NH+](C)Cc1cc(OC)c(OC)cc1-2. The van der Waals surface area contributed by atoms with Gasteiger partial charge >= 0.3 is 0 Å². The lowest BCUT2D eigenvalue weighted by Crippen LogP contribution is -3.03. The average Bonchev–Trinajstić information content (AvgIpc) is 2.77. The molecular formula is C24H28NO5+. The van der Waals surface area contributed by atoms with Gasteiger partial charge in [0.15, 0.2) is 23.0 Å². The molecular weight excluding hydrogens is 382 g/mol. The molecule has 0 fully saturated rings. The molecule has 30 heavy (non-hydrogen) atoms. The number of hydrogen-bond donors (Lipinski definition) is 1. The highest BCUT2D eigenvalue weighted by molar-refractivity contribution is 6.04. The molecule has 0 radical (unpaired) electrons. The van der Waals surface area contributed by atoms with Gasteiger partial charge in [0.05, 0.1) is 47.5 Å². The molecule has 0 spiro atoms. The molecule has 0 aromatic heterocycles. The van der Waals surface area contributed by atoms with Crippen molar-refractivity contribution in [2.24, 2.45) is 0 Å². The van der Waals surface area contributed by atoms with Gasteiger partial charge in [-0.05, 0) is 37.3 Å². The Morgan fingerprint density at radius 1 is 0.700 bits per heavy atom. The molecule has 1 N–H and O–H groups in total. The van der Waals surface area contributed by atoms with Crippen LogP contribution in [0.2, 0.25) is 0 Å². The van der Waals surface area contributed by atoms with Gasteiger partial charge in [-0.1, -0.05) is 0 Å². The van der Waals surface area contributed by atoms with Gasteiger partial charge < -0.3 is 28.6 Å². The Morgan fingerprint density at radius 3 is 1.83 bits per heavy atom. The van der Waals surface area contributed by atoms with Crippen LogP contribution < -0.4 is 28.6 Å². The quantitative estimate of drug-likeness (QED) is 0.673. The van der Waals surface area contributed by atoms with Crippen LogP contribution in [0.15, 0.2) is 30.3 Å². The third-order valence-corrected chi connectivity index (χ3v) is 5.69. The maximum Gasteiger partial charge on any atom is 0.161 e. The van der Waals surface area contributed by atoms with Gasteiger partial charge in [-0.2, -0.15) is 0 Å². The van der Waals surface area contributed by atoms with E-state index in [1.54, 1.807) is 28.4 Å². The summed E-state index contributed by atoms with van der Waals surface area (Å²) < 4.78 is 28.3. The molecule has 3 aromatic carbocycles. The molecule has 1 heterocycles. The molecule has 0 aliphatic carbocycles. The maximum atomic E-state index is 6.05.